The average molecular weight is 279 g/mol. The molecule has 5 heteroatoms. The molecule has 0 aromatic carbocycles. The third-order valence-corrected chi connectivity index (χ3v) is 4.16. The summed E-state index contributed by atoms with van der Waals surface area (Å²) >= 11 is 0. The summed E-state index contributed by atoms with van der Waals surface area (Å²) in [6, 6.07) is 1.75. The van der Waals surface area contributed by atoms with Gasteiger partial charge < -0.3 is 15.2 Å². The van der Waals surface area contributed by atoms with Crippen molar-refractivity contribution in [2.75, 3.05) is 19.0 Å². The fraction of sp³-hybridized carbons (Fsp3) is 0.733. The maximum atomic E-state index is 10.6. The third-order valence-electron chi connectivity index (χ3n) is 4.16. The highest BCUT2D eigenvalue weighted by Gasteiger charge is 2.36. The predicted octanol–water partition coefficient (Wildman–Crippen LogP) is 2.54. The zero-order chi connectivity index (χ0) is 14.8. The van der Waals surface area contributed by atoms with E-state index >= 15 is 0 Å². The first-order valence-corrected chi connectivity index (χ1v) is 7.18. The lowest BCUT2D eigenvalue weighted by atomic mass is 9.71. The van der Waals surface area contributed by atoms with Crippen LogP contribution in [0.4, 0.5) is 5.82 Å². The van der Waals surface area contributed by atoms with E-state index in [1.165, 1.54) is 0 Å². The van der Waals surface area contributed by atoms with Gasteiger partial charge in [0.1, 0.15) is 11.6 Å². The van der Waals surface area contributed by atoms with Crippen molar-refractivity contribution in [2.24, 2.45) is 5.41 Å². The summed E-state index contributed by atoms with van der Waals surface area (Å²) in [5.41, 5.74) is -0.289. The number of nitrogens with zero attached hydrogens (tertiary/aromatic N) is 2. The Hall–Kier alpha value is -1.36. The van der Waals surface area contributed by atoms with Crippen LogP contribution in [-0.4, -0.2) is 34.3 Å². The molecule has 1 heterocycles. The van der Waals surface area contributed by atoms with Crippen molar-refractivity contribution in [1.29, 1.82) is 0 Å². The van der Waals surface area contributed by atoms with E-state index in [0.717, 1.165) is 25.7 Å². The number of methoxy groups -OCH3 is 1. The minimum atomic E-state index is -0.637. The van der Waals surface area contributed by atoms with Crippen molar-refractivity contribution >= 4 is 5.82 Å². The maximum absolute atomic E-state index is 10.6. The van der Waals surface area contributed by atoms with Gasteiger partial charge in [-0.25, -0.2) is 4.98 Å². The van der Waals surface area contributed by atoms with Gasteiger partial charge in [0.15, 0.2) is 0 Å². The Morgan fingerprint density at radius 3 is 2.50 bits per heavy atom. The molecule has 2 rings (SSSR count). The lowest BCUT2D eigenvalue weighted by molar-refractivity contribution is -0.0146. The summed E-state index contributed by atoms with van der Waals surface area (Å²) in [5.74, 6) is 1.90. The first kappa shape index (κ1) is 15.0. The highest BCUT2D eigenvalue weighted by Crippen LogP contribution is 2.40. The van der Waals surface area contributed by atoms with Crippen LogP contribution in [0.5, 0.6) is 5.88 Å². The Morgan fingerprint density at radius 2 is 1.90 bits per heavy atom. The lowest BCUT2D eigenvalue weighted by Crippen LogP contribution is -2.42. The van der Waals surface area contributed by atoms with Gasteiger partial charge in [-0.15, -0.1) is 0 Å². The summed E-state index contributed by atoms with van der Waals surface area (Å²) in [5, 5.41) is 13.8. The summed E-state index contributed by atoms with van der Waals surface area (Å²) in [6.07, 6.45) is 3.76. The van der Waals surface area contributed by atoms with Crippen LogP contribution in [-0.2, 0) is 0 Å². The quantitative estimate of drug-likeness (QED) is 0.886. The van der Waals surface area contributed by atoms with E-state index in [2.05, 4.69) is 29.1 Å². The van der Waals surface area contributed by atoms with E-state index in [1.807, 2.05) is 6.92 Å². The Morgan fingerprint density at radius 1 is 1.25 bits per heavy atom. The number of aromatic nitrogens is 2. The highest BCUT2D eigenvalue weighted by molar-refractivity contribution is 5.38. The van der Waals surface area contributed by atoms with E-state index in [-0.39, 0.29) is 0 Å². The topological polar surface area (TPSA) is 67.3 Å². The molecule has 1 aliphatic rings. The molecule has 0 amide bonds. The van der Waals surface area contributed by atoms with Crippen LogP contribution in [0.15, 0.2) is 6.07 Å². The number of aryl methyl sites for hydroxylation is 1. The molecule has 0 unspecified atom stereocenters. The molecule has 0 spiro atoms. The molecule has 0 aliphatic heterocycles. The Balaban J connectivity index is 1.97. The van der Waals surface area contributed by atoms with Gasteiger partial charge >= 0.3 is 0 Å². The molecule has 2 N–H and O–H groups in total. The smallest absolute Gasteiger partial charge is 0.218 e. The molecular formula is C15H25N3O2. The van der Waals surface area contributed by atoms with Crippen LogP contribution in [0.25, 0.3) is 0 Å². The molecule has 0 atom stereocenters. The predicted molar refractivity (Wildman–Crippen MR) is 79.0 cm³/mol. The van der Waals surface area contributed by atoms with Crippen LogP contribution in [0.2, 0.25) is 0 Å². The van der Waals surface area contributed by atoms with E-state index in [1.54, 1.807) is 13.2 Å². The first-order valence-electron chi connectivity index (χ1n) is 7.18. The second-order valence-electron chi connectivity index (χ2n) is 6.58. The first-order chi connectivity index (χ1) is 9.32. The van der Waals surface area contributed by atoms with Gasteiger partial charge in [-0.2, -0.15) is 4.98 Å². The van der Waals surface area contributed by atoms with Gasteiger partial charge in [0.2, 0.25) is 5.88 Å². The Bertz CT molecular complexity index is 464. The van der Waals surface area contributed by atoms with Gasteiger partial charge in [-0.05, 0) is 38.0 Å². The molecule has 1 aromatic heterocycles. The molecule has 0 bridgehead atoms. The standard InChI is InChI=1S/C15H25N3O2/c1-11-17-12(9-13(18-11)20-4)16-10-15(19)7-5-14(2,3)6-8-15/h9,19H,5-8,10H2,1-4H3,(H,16,17,18). The zero-order valence-electron chi connectivity index (χ0n) is 12.9. The Labute approximate surface area is 120 Å². The van der Waals surface area contributed by atoms with Crippen LogP contribution in [0, 0.1) is 12.3 Å². The second kappa shape index (κ2) is 5.56. The number of hydrogen-bond donors (Lipinski definition) is 2. The highest BCUT2D eigenvalue weighted by atomic mass is 16.5. The van der Waals surface area contributed by atoms with Crippen molar-refractivity contribution in [2.45, 2.75) is 52.1 Å². The zero-order valence-corrected chi connectivity index (χ0v) is 12.9. The third kappa shape index (κ3) is 3.82. The fourth-order valence-corrected chi connectivity index (χ4v) is 2.56. The van der Waals surface area contributed by atoms with Crippen molar-refractivity contribution < 1.29 is 9.84 Å². The summed E-state index contributed by atoms with van der Waals surface area (Å²) in [7, 11) is 1.59. The van der Waals surface area contributed by atoms with Gasteiger partial charge in [-0.1, -0.05) is 13.8 Å². The van der Waals surface area contributed by atoms with Crippen LogP contribution in [0.1, 0.15) is 45.4 Å². The molecule has 0 radical (unpaired) electrons. The molecule has 1 fully saturated rings. The van der Waals surface area contributed by atoms with Crippen LogP contribution < -0.4 is 10.1 Å². The van der Waals surface area contributed by atoms with Crippen molar-refractivity contribution in [3.8, 4) is 5.88 Å². The molecule has 5 nitrogen and oxygen atoms in total. The minimum Gasteiger partial charge on any atom is -0.481 e. The fourth-order valence-electron chi connectivity index (χ4n) is 2.56. The SMILES string of the molecule is COc1cc(NCC2(O)CCC(C)(C)CC2)nc(C)n1. The molecule has 1 saturated carbocycles. The maximum Gasteiger partial charge on any atom is 0.218 e. The van der Waals surface area contributed by atoms with Crippen molar-refractivity contribution in [1.82, 2.24) is 9.97 Å². The van der Waals surface area contributed by atoms with E-state index < -0.39 is 5.60 Å². The monoisotopic (exact) mass is 279 g/mol. The lowest BCUT2D eigenvalue weighted by Gasteiger charge is -2.40. The molecular weight excluding hydrogens is 254 g/mol. The molecule has 112 valence electrons. The number of hydrogen-bond acceptors (Lipinski definition) is 5. The number of anilines is 1. The van der Waals surface area contributed by atoms with Gasteiger partial charge in [0, 0.05) is 12.6 Å². The number of rotatable bonds is 4. The van der Waals surface area contributed by atoms with Gasteiger partial charge in [-0.3, -0.25) is 0 Å². The van der Waals surface area contributed by atoms with Gasteiger partial charge in [0.25, 0.3) is 0 Å². The van der Waals surface area contributed by atoms with Gasteiger partial charge in [0.05, 0.1) is 12.7 Å². The molecule has 20 heavy (non-hydrogen) atoms. The van der Waals surface area contributed by atoms with E-state index in [9.17, 15) is 5.11 Å². The van der Waals surface area contributed by atoms with Crippen LogP contribution >= 0.6 is 0 Å². The number of ether oxygens (including phenoxy) is 1. The summed E-state index contributed by atoms with van der Waals surface area (Å²) in [4.78, 5) is 8.46. The number of nitrogens with one attached hydrogen (secondary N) is 1. The van der Waals surface area contributed by atoms with E-state index in [0.29, 0.717) is 29.5 Å². The van der Waals surface area contributed by atoms with Crippen LogP contribution in [0.3, 0.4) is 0 Å². The second-order valence-corrected chi connectivity index (χ2v) is 6.58. The molecule has 0 saturated heterocycles. The largest absolute Gasteiger partial charge is 0.481 e. The van der Waals surface area contributed by atoms with E-state index in [4.69, 9.17) is 4.74 Å². The molecule has 1 aromatic rings. The number of aliphatic hydroxyl groups is 1. The molecule has 1 aliphatic carbocycles. The normalized spacial score (nSPS) is 20.4. The van der Waals surface area contributed by atoms with Crippen molar-refractivity contribution in [3.05, 3.63) is 11.9 Å². The minimum absolute atomic E-state index is 0.348. The average Bonchev–Trinajstić information content (AvgIpc) is 2.40. The Kier molecular flexibility index (Phi) is 4.18. The summed E-state index contributed by atoms with van der Waals surface area (Å²) in [6.45, 7) is 6.87. The summed E-state index contributed by atoms with van der Waals surface area (Å²) < 4.78 is 5.13. The van der Waals surface area contributed by atoms with Crippen molar-refractivity contribution in [3.63, 3.8) is 0 Å².